The highest BCUT2D eigenvalue weighted by molar-refractivity contribution is 5.85. The zero-order valence-corrected chi connectivity index (χ0v) is 12.5. The molecule has 1 aliphatic carbocycles. The highest BCUT2D eigenvalue weighted by Crippen LogP contribution is 2.47. The van der Waals surface area contributed by atoms with E-state index in [1.165, 1.54) is 35.6 Å². The van der Waals surface area contributed by atoms with Gasteiger partial charge in [-0.05, 0) is 60.1 Å². The lowest BCUT2D eigenvalue weighted by atomic mass is 9.64. The summed E-state index contributed by atoms with van der Waals surface area (Å²) in [7, 11) is 0. The van der Waals surface area contributed by atoms with Crippen LogP contribution in [-0.4, -0.2) is 11.5 Å². The number of aromatic nitrogens is 1. The average Bonchev–Trinajstić information content (AvgIpc) is 2.46. The number of benzene rings is 1. The molecule has 2 nitrogen and oxygen atoms in total. The summed E-state index contributed by atoms with van der Waals surface area (Å²) in [6.45, 7) is 5.57. The molecular weight excluding hydrogens is 244 g/mol. The van der Waals surface area contributed by atoms with E-state index in [0.29, 0.717) is 17.3 Å². The lowest BCUT2D eigenvalue weighted by Gasteiger charge is -2.41. The van der Waals surface area contributed by atoms with E-state index in [9.17, 15) is 0 Å². The molecule has 0 radical (unpaired) electrons. The minimum atomic E-state index is 0.422. The molecule has 106 valence electrons. The fourth-order valence-electron chi connectivity index (χ4n) is 3.76. The van der Waals surface area contributed by atoms with Crippen LogP contribution < -0.4 is 5.73 Å². The number of pyridine rings is 1. The maximum absolute atomic E-state index is 6.05. The number of hydrogen-bond donors (Lipinski definition) is 1. The van der Waals surface area contributed by atoms with Crippen LogP contribution in [0.5, 0.6) is 0 Å². The van der Waals surface area contributed by atoms with Crippen molar-refractivity contribution in [3.63, 3.8) is 0 Å². The van der Waals surface area contributed by atoms with Crippen LogP contribution in [0.3, 0.4) is 0 Å². The molecule has 2 heteroatoms. The van der Waals surface area contributed by atoms with Gasteiger partial charge in [-0.15, -0.1) is 0 Å². The molecule has 1 heterocycles. The standard InChI is InChI=1S/C18H24N2/c1-18(2)8-6-13(11-19)17(10-18)16-5-3-4-14-12-20-9-7-15(14)16/h3-5,7,9,12-13,17H,6,8,10-11,19H2,1-2H3. The van der Waals surface area contributed by atoms with Crippen LogP contribution in [0.25, 0.3) is 10.8 Å². The lowest BCUT2D eigenvalue weighted by Crippen LogP contribution is -2.32. The van der Waals surface area contributed by atoms with Gasteiger partial charge in [-0.2, -0.15) is 0 Å². The predicted octanol–water partition coefficient (Wildman–Crippen LogP) is 4.10. The SMILES string of the molecule is CC1(C)CCC(CN)C(c2cccc3cnccc23)C1. The molecule has 2 N–H and O–H groups in total. The van der Waals surface area contributed by atoms with Crippen LogP contribution in [-0.2, 0) is 0 Å². The Hall–Kier alpha value is -1.41. The summed E-state index contributed by atoms with van der Waals surface area (Å²) in [5.74, 6) is 1.19. The Bertz CT molecular complexity index is 598. The summed E-state index contributed by atoms with van der Waals surface area (Å²) in [5.41, 5.74) is 7.94. The molecule has 0 bridgehead atoms. The quantitative estimate of drug-likeness (QED) is 0.890. The summed E-state index contributed by atoms with van der Waals surface area (Å²) in [6, 6.07) is 8.75. The van der Waals surface area contributed by atoms with E-state index in [-0.39, 0.29) is 0 Å². The molecule has 1 saturated carbocycles. The minimum Gasteiger partial charge on any atom is -0.330 e. The molecule has 1 aliphatic rings. The van der Waals surface area contributed by atoms with Crippen molar-refractivity contribution in [1.29, 1.82) is 0 Å². The first kappa shape index (κ1) is 13.6. The third kappa shape index (κ3) is 2.45. The molecule has 20 heavy (non-hydrogen) atoms. The monoisotopic (exact) mass is 268 g/mol. The van der Waals surface area contributed by atoms with Crippen LogP contribution in [0.2, 0.25) is 0 Å². The molecule has 1 aromatic carbocycles. The number of rotatable bonds is 2. The second-order valence-corrected chi connectivity index (χ2v) is 6.95. The first-order chi connectivity index (χ1) is 9.61. The zero-order valence-electron chi connectivity index (χ0n) is 12.5. The number of fused-ring (bicyclic) bond motifs is 1. The third-order valence-corrected chi connectivity index (χ3v) is 4.95. The Kier molecular flexibility index (Phi) is 3.51. The molecule has 0 spiro atoms. The van der Waals surface area contributed by atoms with Gasteiger partial charge < -0.3 is 5.73 Å². The fraction of sp³-hybridized carbons (Fsp3) is 0.500. The highest BCUT2D eigenvalue weighted by atomic mass is 14.6. The third-order valence-electron chi connectivity index (χ3n) is 4.95. The number of nitrogens with zero attached hydrogens (tertiary/aromatic N) is 1. The van der Waals surface area contributed by atoms with E-state index in [1.54, 1.807) is 0 Å². The van der Waals surface area contributed by atoms with Crippen molar-refractivity contribution in [2.75, 3.05) is 6.54 Å². The normalized spacial score (nSPS) is 25.8. The summed E-state index contributed by atoms with van der Waals surface area (Å²) in [6.07, 6.45) is 7.63. The summed E-state index contributed by atoms with van der Waals surface area (Å²) < 4.78 is 0. The van der Waals surface area contributed by atoms with E-state index >= 15 is 0 Å². The van der Waals surface area contributed by atoms with Gasteiger partial charge in [0.25, 0.3) is 0 Å². The molecule has 3 rings (SSSR count). The average molecular weight is 268 g/mol. The van der Waals surface area contributed by atoms with Crippen molar-refractivity contribution in [2.45, 2.75) is 39.0 Å². The maximum atomic E-state index is 6.05. The van der Waals surface area contributed by atoms with Crippen molar-refractivity contribution >= 4 is 10.8 Å². The summed E-state index contributed by atoms with van der Waals surface area (Å²) in [5, 5.41) is 2.59. The van der Waals surface area contributed by atoms with Gasteiger partial charge in [0.1, 0.15) is 0 Å². The molecule has 1 aromatic heterocycles. The topological polar surface area (TPSA) is 38.9 Å². The van der Waals surface area contributed by atoms with Gasteiger partial charge in [0.15, 0.2) is 0 Å². The van der Waals surface area contributed by atoms with E-state index in [1.807, 2.05) is 12.4 Å². The smallest absolute Gasteiger partial charge is 0.0346 e. The Morgan fingerprint density at radius 3 is 2.95 bits per heavy atom. The molecule has 1 fully saturated rings. The Balaban J connectivity index is 2.07. The van der Waals surface area contributed by atoms with Gasteiger partial charge in [0.05, 0.1) is 0 Å². The minimum absolute atomic E-state index is 0.422. The first-order valence-electron chi connectivity index (χ1n) is 7.63. The van der Waals surface area contributed by atoms with Gasteiger partial charge in [-0.1, -0.05) is 32.0 Å². The van der Waals surface area contributed by atoms with E-state index in [4.69, 9.17) is 5.73 Å². The van der Waals surface area contributed by atoms with Gasteiger partial charge >= 0.3 is 0 Å². The van der Waals surface area contributed by atoms with Crippen molar-refractivity contribution < 1.29 is 0 Å². The number of hydrogen-bond acceptors (Lipinski definition) is 2. The van der Waals surface area contributed by atoms with Gasteiger partial charge in [-0.25, -0.2) is 0 Å². The van der Waals surface area contributed by atoms with Crippen molar-refractivity contribution in [3.05, 3.63) is 42.2 Å². The largest absolute Gasteiger partial charge is 0.330 e. The lowest BCUT2D eigenvalue weighted by molar-refractivity contribution is 0.166. The van der Waals surface area contributed by atoms with Crippen molar-refractivity contribution in [3.8, 4) is 0 Å². The fourth-order valence-corrected chi connectivity index (χ4v) is 3.76. The van der Waals surface area contributed by atoms with E-state index in [0.717, 1.165) is 6.54 Å². The van der Waals surface area contributed by atoms with Crippen LogP contribution in [0.4, 0.5) is 0 Å². The van der Waals surface area contributed by atoms with Crippen molar-refractivity contribution in [2.24, 2.45) is 17.1 Å². The molecule has 0 amide bonds. The van der Waals surface area contributed by atoms with Gasteiger partial charge in [0, 0.05) is 17.8 Å². The molecule has 2 aromatic rings. The summed E-state index contributed by atoms with van der Waals surface area (Å²) >= 11 is 0. The Morgan fingerprint density at radius 2 is 2.15 bits per heavy atom. The predicted molar refractivity (Wildman–Crippen MR) is 84.7 cm³/mol. The van der Waals surface area contributed by atoms with Gasteiger partial charge in [-0.3, -0.25) is 4.98 Å². The Morgan fingerprint density at radius 1 is 1.30 bits per heavy atom. The number of nitrogens with two attached hydrogens (primary N) is 1. The maximum Gasteiger partial charge on any atom is 0.0346 e. The van der Waals surface area contributed by atoms with Crippen molar-refractivity contribution in [1.82, 2.24) is 4.98 Å². The molecule has 0 aliphatic heterocycles. The molecule has 2 unspecified atom stereocenters. The molecule has 0 saturated heterocycles. The van der Waals surface area contributed by atoms with Crippen LogP contribution >= 0.6 is 0 Å². The second-order valence-electron chi connectivity index (χ2n) is 6.95. The summed E-state index contributed by atoms with van der Waals surface area (Å²) in [4.78, 5) is 4.24. The van der Waals surface area contributed by atoms with Crippen LogP contribution in [0.15, 0.2) is 36.7 Å². The highest BCUT2D eigenvalue weighted by Gasteiger charge is 2.35. The second kappa shape index (κ2) is 5.17. The molecule has 2 atom stereocenters. The van der Waals surface area contributed by atoms with Crippen LogP contribution in [0.1, 0.15) is 44.6 Å². The van der Waals surface area contributed by atoms with E-state index < -0.39 is 0 Å². The zero-order chi connectivity index (χ0) is 14.2. The van der Waals surface area contributed by atoms with E-state index in [2.05, 4.69) is 43.1 Å². The first-order valence-corrected chi connectivity index (χ1v) is 7.63. The molecular formula is C18H24N2. The van der Waals surface area contributed by atoms with Crippen LogP contribution in [0, 0.1) is 11.3 Å². The van der Waals surface area contributed by atoms with Gasteiger partial charge in [0.2, 0.25) is 0 Å². The Labute approximate surface area is 121 Å².